The van der Waals surface area contributed by atoms with Gasteiger partial charge in [0.25, 0.3) is 0 Å². The van der Waals surface area contributed by atoms with Crippen LogP contribution in [0.4, 0.5) is 17.1 Å². The number of hydrogen-bond acceptors (Lipinski definition) is 2. The fourth-order valence-corrected chi connectivity index (χ4v) is 11.6. The van der Waals surface area contributed by atoms with Gasteiger partial charge in [0.15, 0.2) is 0 Å². The highest BCUT2D eigenvalue weighted by molar-refractivity contribution is 6.80. The zero-order valence-electron chi connectivity index (χ0n) is 37.8. The molecule has 0 amide bonds. The van der Waals surface area contributed by atoms with E-state index in [-0.39, 0.29) is 19.2 Å². The van der Waals surface area contributed by atoms with E-state index in [1.165, 1.54) is 98.9 Å². The second kappa shape index (κ2) is 15.8. The smallest absolute Gasteiger partial charge is 0.316 e. The Kier molecular flexibility index (Phi) is 9.34. The third-order valence-corrected chi connectivity index (χ3v) is 14.9. The standard InChI is InChI=1S/C63H47B2NO/c1-63(2)57-27-13-12-25-53(57)62-55(52-26-15-20-47-40-64(48-21-8-4-9-22-48)67-65(41-56(47)52)49-23-10-5-11-24-49)38-51(39-58(62)63)66(50-34-30-43(31-35-50)42-16-6-3-7-17-42)59-37-33-46-29-28-44-18-14-19-45-32-36-54(59)61(46)60(44)45/h3-39H,40-41H2,1-2H3. The molecule has 0 radical (unpaired) electrons. The van der Waals surface area contributed by atoms with Crippen LogP contribution in [0.5, 0.6) is 0 Å². The Morgan fingerprint density at radius 1 is 0.433 bits per heavy atom. The topological polar surface area (TPSA) is 12.5 Å². The molecule has 0 unspecified atom stereocenters. The molecule has 13 rings (SSSR count). The molecule has 0 fully saturated rings. The summed E-state index contributed by atoms with van der Waals surface area (Å²) in [4.78, 5) is 2.53. The minimum atomic E-state index is -0.248. The molecule has 1 heterocycles. The molecular formula is C63H47B2NO. The number of nitrogens with zero attached hydrogens (tertiary/aromatic N) is 1. The SMILES string of the molecule is CC1(C)c2ccccc2-c2c(-c3cccc4c3CB(c3ccccc3)OB(c3ccccc3)C4)cc(N(c3ccc(-c4ccccc4)cc3)c3ccc4ccc5cccc6ccc3c4c56)cc21. The van der Waals surface area contributed by atoms with E-state index in [0.29, 0.717) is 0 Å². The zero-order valence-corrected chi connectivity index (χ0v) is 37.8. The van der Waals surface area contributed by atoms with E-state index in [2.05, 4.69) is 243 Å². The Labute approximate surface area is 393 Å². The lowest BCUT2D eigenvalue weighted by Gasteiger charge is -2.31. The van der Waals surface area contributed by atoms with Gasteiger partial charge in [-0.1, -0.05) is 208 Å². The van der Waals surface area contributed by atoms with Crippen LogP contribution in [0, 0.1) is 0 Å². The molecule has 0 bridgehead atoms. The second-order valence-corrected chi connectivity index (χ2v) is 19.1. The Balaban J connectivity index is 1.08. The molecule has 316 valence electrons. The van der Waals surface area contributed by atoms with Gasteiger partial charge in [-0.05, 0) is 136 Å². The van der Waals surface area contributed by atoms with Crippen LogP contribution in [0.1, 0.15) is 36.1 Å². The highest BCUT2D eigenvalue weighted by Gasteiger charge is 2.40. The summed E-state index contributed by atoms with van der Waals surface area (Å²) >= 11 is 0. The number of hydrogen-bond donors (Lipinski definition) is 0. The van der Waals surface area contributed by atoms with Gasteiger partial charge in [0.05, 0.1) is 5.69 Å². The molecule has 67 heavy (non-hydrogen) atoms. The molecule has 0 spiro atoms. The molecule has 0 saturated carbocycles. The predicted octanol–water partition coefficient (Wildman–Crippen LogP) is 14.7. The first-order chi connectivity index (χ1) is 33.0. The van der Waals surface area contributed by atoms with Gasteiger partial charge in [0.2, 0.25) is 0 Å². The van der Waals surface area contributed by atoms with E-state index < -0.39 is 0 Å². The van der Waals surface area contributed by atoms with Gasteiger partial charge in [0.1, 0.15) is 0 Å². The largest absolute Gasteiger partial charge is 0.491 e. The minimum absolute atomic E-state index is 0.0801. The van der Waals surface area contributed by atoms with Crippen molar-refractivity contribution in [2.24, 2.45) is 0 Å². The summed E-state index contributed by atoms with van der Waals surface area (Å²) in [7, 11) is 0. The maximum atomic E-state index is 7.24. The van der Waals surface area contributed by atoms with Gasteiger partial charge in [0, 0.05) is 22.2 Å². The lowest BCUT2D eigenvalue weighted by molar-refractivity contribution is 0.607. The highest BCUT2D eigenvalue weighted by atomic mass is 16.4. The average molecular weight is 856 g/mol. The first kappa shape index (κ1) is 39.7. The molecule has 11 aromatic rings. The molecule has 11 aromatic carbocycles. The van der Waals surface area contributed by atoms with Gasteiger partial charge in [-0.15, -0.1) is 0 Å². The van der Waals surface area contributed by atoms with Crippen molar-refractivity contribution in [3.8, 4) is 33.4 Å². The Bertz CT molecular complexity index is 3630. The summed E-state index contributed by atoms with van der Waals surface area (Å²) in [5.74, 6) is 0. The Morgan fingerprint density at radius 3 is 1.75 bits per heavy atom. The fraction of sp³-hybridized carbons (Fsp3) is 0.0794. The summed E-state index contributed by atoms with van der Waals surface area (Å²) in [5, 5.41) is 7.65. The monoisotopic (exact) mass is 855 g/mol. The summed E-state index contributed by atoms with van der Waals surface area (Å²) < 4.78 is 7.24. The molecule has 4 heteroatoms. The van der Waals surface area contributed by atoms with Gasteiger partial charge < -0.3 is 9.47 Å². The number of benzene rings is 11. The first-order valence-corrected chi connectivity index (χ1v) is 23.7. The van der Waals surface area contributed by atoms with Gasteiger partial charge in [-0.3, -0.25) is 0 Å². The number of rotatable bonds is 7. The molecular weight excluding hydrogens is 808 g/mol. The van der Waals surface area contributed by atoms with Gasteiger partial charge in [-0.25, -0.2) is 0 Å². The van der Waals surface area contributed by atoms with Crippen LogP contribution in [0.2, 0.25) is 0 Å². The van der Waals surface area contributed by atoms with Gasteiger partial charge in [-0.2, -0.15) is 0 Å². The van der Waals surface area contributed by atoms with Crippen LogP contribution in [0.15, 0.2) is 224 Å². The van der Waals surface area contributed by atoms with E-state index in [9.17, 15) is 0 Å². The molecule has 0 saturated heterocycles. The van der Waals surface area contributed by atoms with Crippen molar-refractivity contribution in [2.45, 2.75) is 31.9 Å². The van der Waals surface area contributed by atoms with Crippen molar-refractivity contribution < 1.29 is 4.57 Å². The van der Waals surface area contributed by atoms with Crippen molar-refractivity contribution in [3.63, 3.8) is 0 Å². The molecule has 2 nitrogen and oxygen atoms in total. The molecule has 1 aliphatic heterocycles. The maximum Gasteiger partial charge on any atom is 0.316 e. The Morgan fingerprint density at radius 2 is 1.01 bits per heavy atom. The maximum absolute atomic E-state index is 7.24. The molecule has 1 aliphatic carbocycles. The van der Waals surface area contributed by atoms with E-state index in [0.717, 1.165) is 29.7 Å². The second-order valence-electron chi connectivity index (χ2n) is 19.1. The Hall–Kier alpha value is -7.65. The summed E-state index contributed by atoms with van der Waals surface area (Å²) in [5.41, 5.74) is 18.6. The summed E-state index contributed by atoms with van der Waals surface area (Å²) in [6, 6.07) is 83.2. The third kappa shape index (κ3) is 6.54. The number of anilines is 3. The van der Waals surface area contributed by atoms with Crippen LogP contribution >= 0.6 is 0 Å². The van der Waals surface area contributed by atoms with Crippen LogP contribution < -0.4 is 15.8 Å². The summed E-state index contributed by atoms with van der Waals surface area (Å²) in [6.45, 7) is 4.62. The van der Waals surface area contributed by atoms with Crippen LogP contribution in [-0.2, 0) is 22.6 Å². The highest BCUT2D eigenvalue weighted by Crippen LogP contribution is 2.56. The van der Waals surface area contributed by atoms with E-state index in [1.807, 2.05) is 0 Å². The third-order valence-electron chi connectivity index (χ3n) is 14.9. The fourth-order valence-electron chi connectivity index (χ4n) is 11.6. The molecule has 0 N–H and O–H groups in total. The van der Waals surface area contributed by atoms with Crippen LogP contribution in [-0.4, -0.2) is 13.8 Å². The van der Waals surface area contributed by atoms with Crippen LogP contribution in [0.3, 0.4) is 0 Å². The van der Waals surface area contributed by atoms with Crippen LogP contribution in [0.25, 0.3) is 65.7 Å². The molecule has 2 aliphatic rings. The van der Waals surface area contributed by atoms with Gasteiger partial charge >= 0.3 is 13.8 Å². The van der Waals surface area contributed by atoms with Crippen molar-refractivity contribution in [1.29, 1.82) is 0 Å². The molecule has 0 aromatic heterocycles. The quantitative estimate of drug-likeness (QED) is 0.117. The summed E-state index contributed by atoms with van der Waals surface area (Å²) in [6.07, 6.45) is 1.56. The molecule has 0 atom stereocenters. The van der Waals surface area contributed by atoms with E-state index in [1.54, 1.807) is 0 Å². The van der Waals surface area contributed by atoms with Crippen molar-refractivity contribution in [2.75, 3.05) is 4.90 Å². The first-order valence-electron chi connectivity index (χ1n) is 23.7. The lowest BCUT2D eigenvalue weighted by atomic mass is 9.51. The number of fused-ring (bicyclic) bond motifs is 4. The average Bonchev–Trinajstić information content (AvgIpc) is 3.48. The van der Waals surface area contributed by atoms with E-state index in [4.69, 9.17) is 4.57 Å². The van der Waals surface area contributed by atoms with Crippen molar-refractivity contribution in [1.82, 2.24) is 0 Å². The van der Waals surface area contributed by atoms with E-state index >= 15 is 0 Å². The van der Waals surface area contributed by atoms with Crippen molar-refractivity contribution >= 4 is 74.1 Å². The normalized spacial score (nSPS) is 14.0. The van der Waals surface area contributed by atoms with Crippen molar-refractivity contribution in [3.05, 3.63) is 247 Å². The zero-order chi connectivity index (χ0) is 44.6. The minimum Gasteiger partial charge on any atom is -0.491 e. The predicted molar refractivity (Wildman–Crippen MR) is 285 cm³/mol. The lowest BCUT2D eigenvalue weighted by Crippen LogP contribution is -2.45.